The number of nitrogens with one attached hydrogen (secondary N) is 1. The second-order valence-corrected chi connectivity index (χ2v) is 6.69. The van der Waals surface area contributed by atoms with E-state index in [2.05, 4.69) is 33.0 Å². The second kappa shape index (κ2) is 6.98. The number of aryl methyl sites for hydroxylation is 1. The minimum Gasteiger partial charge on any atom is -0.381 e. The molecule has 0 aromatic carbocycles. The molecule has 0 radical (unpaired) electrons. The number of hydrogen-bond donors (Lipinski definition) is 1. The number of ether oxygens (including phenoxy) is 2. The van der Waals surface area contributed by atoms with E-state index in [0.29, 0.717) is 6.04 Å². The van der Waals surface area contributed by atoms with Crippen LogP contribution in [0.1, 0.15) is 49.2 Å². The van der Waals surface area contributed by atoms with E-state index in [1.54, 1.807) is 11.3 Å². The van der Waals surface area contributed by atoms with Gasteiger partial charge in [0.1, 0.15) is 10.6 Å². The summed E-state index contributed by atoms with van der Waals surface area (Å²) in [5.41, 5.74) is 0.905. The Bertz CT molecular complexity index is 420. The average Bonchev–Trinajstić information content (AvgIpc) is 2.80. The molecule has 1 N–H and O–H groups in total. The van der Waals surface area contributed by atoms with Gasteiger partial charge in [-0.1, -0.05) is 13.8 Å². The van der Waals surface area contributed by atoms with Gasteiger partial charge < -0.3 is 14.8 Å². The highest BCUT2D eigenvalue weighted by atomic mass is 32.1. The third-order valence-corrected chi connectivity index (χ3v) is 5.02. The van der Waals surface area contributed by atoms with Gasteiger partial charge in [-0.25, -0.2) is 4.98 Å². The van der Waals surface area contributed by atoms with Crippen LogP contribution in [-0.2, 0) is 21.6 Å². The predicted molar refractivity (Wildman–Crippen MR) is 82.2 cm³/mol. The van der Waals surface area contributed by atoms with Crippen molar-refractivity contribution >= 4 is 11.3 Å². The minimum atomic E-state index is -0.224. The Morgan fingerprint density at radius 1 is 1.40 bits per heavy atom. The Labute approximate surface area is 125 Å². The van der Waals surface area contributed by atoms with E-state index in [1.165, 1.54) is 4.88 Å². The lowest BCUT2D eigenvalue weighted by atomic mass is 9.95. The van der Waals surface area contributed by atoms with Crippen LogP contribution >= 0.6 is 11.3 Å². The second-order valence-electron chi connectivity index (χ2n) is 5.60. The Hall–Kier alpha value is -0.490. The maximum atomic E-state index is 6.10. The summed E-state index contributed by atoms with van der Waals surface area (Å²) in [5.74, 6) is 0. The Balaban J connectivity index is 2.19. The molecular formula is C15H26N2O2S. The van der Waals surface area contributed by atoms with Crippen LogP contribution in [0.3, 0.4) is 0 Å². The first-order valence-corrected chi connectivity index (χ1v) is 8.31. The van der Waals surface area contributed by atoms with Gasteiger partial charge in [-0.15, -0.1) is 11.3 Å². The van der Waals surface area contributed by atoms with Crippen LogP contribution in [0.25, 0.3) is 0 Å². The smallest absolute Gasteiger partial charge is 0.125 e. The predicted octanol–water partition coefficient (Wildman–Crippen LogP) is 2.99. The molecule has 0 bridgehead atoms. The molecule has 1 fully saturated rings. The SMILES string of the molecule is CCOC1(c2nc(C)c(CNC(C)C)s2)CCOCC1. The van der Waals surface area contributed by atoms with Gasteiger partial charge in [0.15, 0.2) is 0 Å². The van der Waals surface area contributed by atoms with E-state index >= 15 is 0 Å². The van der Waals surface area contributed by atoms with Gasteiger partial charge in [0.05, 0.1) is 5.69 Å². The third kappa shape index (κ3) is 3.58. The first-order chi connectivity index (χ1) is 9.57. The van der Waals surface area contributed by atoms with Crippen LogP contribution in [0.5, 0.6) is 0 Å². The summed E-state index contributed by atoms with van der Waals surface area (Å²) < 4.78 is 11.6. The van der Waals surface area contributed by atoms with Gasteiger partial charge in [0.2, 0.25) is 0 Å². The molecule has 1 aliphatic rings. The van der Waals surface area contributed by atoms with Gasteiger partial charge in [-0.2, -0.15) is 0 Å². The molecule has 5 heteroatoms. The third-order valence-electron chi connectivity index (χ3n) is 3.67. The number of thiazole rings is 1. The van der Waals surface area contributed by atoms with E-state index < -0.39 is 0 Å². The zero-order valence-electron chi connectivity index (χ0n) is 13.0. The van der Waals surface area contributed by atoms with Gasteiger partial charge in [-0.05, 0) is 13.8 Å². The zero-order chi connectivity index (χ0) is 14.6. The molecule has 0 atom stereocenters. The molecule has 0 aliphatic carbocycles. The zero-order valence-corrected chi connectivity index (χ0v) is 13.8. The lowest BCUT2D eigenvalue weighted by Crippen LogP contribution is -2.36. The monoisotopic (exact) mass is 298 g/mol. The molecule has 0 spiro atoms. The van der Waals surface area contributed by atoms with Crippen molar-refractivity contribution in [1.29, 1.82) is 0 Å². The number of hydrogen-bond acceptors (Lipinski definition) is 5. The fraction of sp³-hybridized carbons (Fsp3) is 0.800. The molecule has 2 rings (SSSR count). The molecule has 4 nitrogen and oxygen atoms in total. The maximum Gasteiger partial charge on any atom is 0.125 e. The molecule has 2 heterocycles. The van der Waals surface area contributed by atoms with Crippen molar-refractivity contribution in [1.82, 2.24) is 10.3 Å². The average molecular weight is 298 g/mol. The first-order valence-electron chi connectivity index (χ1n) is 7.49. The summed E-state index contributed by atoms with van der Waals surface area (Å²) in [6, 6.07) is 0.490. The van der Waals surface area contributed by atoms with Crippen molar-refractivity contribution < 1.29 is 9.47 Å². The normalized spacial score (nSPS) is 18.6. The van der Waals surface area contributed by atoms with Gasteiger partial charge >= 0.3 is 0 Å². The van der Waals surface area contributed by atoms with Crippen molar-refractivity contribution in [2.75, 3.05) is 19.8 Å². The molecule has 114 valence electrons. The van der Waals surface area contributed by atoms with Gasteiger partial charge in [0, 0.05) is 50.1 Å². The maximum absolute atomic E-state index is 6.10. The Morgan fingerprint density at radius 3 is 2.70 bits per heavy atom. The largest absolute Gasteiger partial charge is 0.381 e. The van der Waals surface area contributed by atoms with Crippen LogP contribution in [0.15, 0.2) is 0 Å². The van der Waals surface area contributed by atoms with Crippen molar-refractivity contribution in [3.05, 3.63) is 15.6 Å². The molecule has 20 heavy (non-hydrogen) atoms. The van der Waals surface area contributed by atoms with Gasteiger partial charge in [0.25, 0.3) is 0 Å². The molecule has 1 aromatic heterocycles. The van der Waals surface area contributed by atoms with E-state index in [4.69, 9.17) is 14.5 Å². The van der Waals surface area contributed by atoms with Gasteiger partial charge in [-0.3, -0.25) is 0 Å². The van der Waals surface area contributed by atoms with E-state index in [9.17, 15) is 0 Å². The van der Waals surface area contributed by atoms with Crippen LogP contribution in [0, 0.1) is 6.92 Å². The van der Waals surface area contributed by atoms with Crippen LogP contribution in [0.2, 0.25) is 0 Å². The number of rotatable bonds is 6. The van der Waals surface area contributed by atoms with E-state index in [-0.39, 0.29) is 5.60 Å². The van der Waals surface area contributed by atoms with Crippen molar-refractivity contribution in [2.45, 2.75) is 58.7 Å². The molecule has 0 amide bonds. The molecule has 0 saturated carbocycles. The lowest BCUT2D eigenvalue weighted by molar-refractivity contribution is -0.112. The highest BCUT2D eigenvalue weighted by molar-refractivity contribution is 7.11. The fourth-order valence-corrected chi connectivity index (χ4v) is 3.69. The van der Waals surface area contributed by atoms with Crippen molar-refractivity contribution in [3.8, 4) is 0 Å². The molecule has 1 aromatic rings. The molecule has 0 unspecified atom stereocenters. The highest BCUT2D eigenvalue weighted by Crippen LogP contribution is 2.39. The summed E-state index contributed by atoms with van der Waals surface area (Å²) in [4.78, 5) is 6.12. The first kappa shape index (κ1) is 15.9. The highest BCUT2D eigenvalue weighted by Gasteiger charge is 2.38. The topological polar surface area (TPSA) is 43.4 Å². The van der Waals surface area contributed by atoms with Crippen LogP contribution in [-0.4, -0.2) is 30.8 Å². The van der Waals surface area contributed by atoms with Crippen LogP contribution < -0.4 is 5.32 Å². The summed E-state index contributed by atoms with van der Waals surface area (Å²) in [7, 11) is 0. The molecule has 1 saturated heterocycles. The van der Waals surface area contributed by atoms with Crippen LogP contribution in [0.4, 0.5) is 0 Å². The lowest BCUT2D eigenvalue weighted by Gasteiger charge is -2.35. The van der Waals surface area contributed by atoms with Crippen molar-refractivity contribution in [2.24, 2.45) is 0 Å². The molecule has 1 aliphatic heterocycles. The summed E-state index contributed by atoms with van der Waals surface area (Å²) >= 11 is 1.79. The summed E-state index contributed by atoms with van der Waals surface area (Å²) in [6.45, 7) is 11.6. The van der Waals surface area contributed by atoms with E-state index in [0.717, 1.165) is 49.9 Å². The Kier molecular flexibility index (Phi) is 5.55. The molecular weight excluding hydrogens is 272 g/mol. The summed E-state index contributed by atoms with van der Waals surface area (Å²) in [5, 5.41) is 4.59. The minimum absolute atomic E-state index is 0.224. The fourth-order valence-electron chi connectivity index (χ4n) is 2.48. The van der Waals surface area contributed by atoms with Crippen molar-refractivity contribution in [3.63, 3.8) is 0 Å². The Morgan fingerprint density at radius 2 is 2.10 bits per heavy atom. The van der Waals surface area contributed by atoms with E-state index in [1.807, 2.05) is 0 Å². The number of aromatic nitrogens is 1. The quantitative estimate of drug-likeness (QED) is 0.877. The number of nitrogens with zero attached hydrogens (tertiary/aromatic N) is 1. The summed E-state index contributed by atoms with van der Waals surface area (Å²) in [6.07, 6.45) is 1.82. The standard InChI is InChI=1S/C15H26N2O2S/c1-5-19-15(6-8-18-9-7-15)14-17-12(4)13(20-14)10-16-11(2)3/h11,16H,5-10H2,1-4H3.